The summed E-state index contributed by atoms with van der Waals surface area (Å²) in [5.41, 5.74) is 2.16. The van der Waals surface area contributed by atoms with E-state index in [0.717, 1.165) is 49.7 Å². The van der Waals surface area contributed by atoms with Crippen molar-refractivity contribution in [1.29, 1.82) is 0 Å². The Kier molecular flexibility index (Phi) is 8.28. The molecule has 0 radical (unpaired) electrons. The number of benzene rings is 3. The maximum atomic E-state index is 13.6. The Morgan fingerprint density at radius 3 is 2.45 bits per heavy atom. The van der Waals surface area contributed by atoms with Crippen molar-refractivity contribution in [2.24, 2.45) is 5.92 Å². The molecule has 0 aliphatic carbocycles. The fraction of sp³-hybridized carbons (Fsp3) is 0.333. The van der Waals surface area contributed by atoms with Gasteiger partial charge in [-0.15, -0.1) is 5.10 Å². The molecule has 9 nitrogen and oxygen atoms in total. The summed E-state index contributed by atoms with van der Waals surface area (Å²) >= 11 is 0. The van der Waals surface area contributed by atoms with Crippen LogP contribution in [0.5, 0.6) is 11.5 Å². The molecule has 1 fully saturated rings. The number of rotatable bonds is 10. The first-order chi connectivity index (χ1) is 20.6. The second kappa shape index (κ2) is 12.6. The molecule has 9 heteroatoms. The molecule has 0 atom stereocenters. The number of fused-ring (bicyclic) bond motifs is 2. The summed E-state index contributed by atoms with van der Waals surface area (Å²) < 4.78 is 12.7. The highest BCUT2D eigenvalue weighted by molar-refractivity contribution is 5.87. The SMILES string of the molecule is COc1ccc(Cn2nnc3c(=O)[nH]c4cc(OCCCN5CCC(Cc6ccccc6)CC5)ccc4c(=O)c32)cc1. The van der Waals surface area contributed by atoms with Crippen LogP contribution in [0.25, 0.3) is 21.9 Å². The van der Waals surface area contributed by atoms with Gasteiger partial charge in [-0.1, -0.05) is 47.7 Å². The van der Waals surface area contributed by atoms with E-state index in [1.807, 2.05) is 24.3 Å². The molecular weight excluding hydrogens is 530 g/mol. The molecule has 1 aliphatic heterocycles. The monoisotopic (exact) mass is 565 g/mol. The molecule has 42 heavy (non-hydrogen) atoms. The smallest absolute Gasteiger partial charge is 0.278 e. The molecule has 0 unspecified atom stereocenters. The number of piperidine rings is 1. The van der Waals surface area contributed by atoms with E-state index in [-0.39, 0.29) is 16.5 Å². The van der Waals surface area contributed by atoms with Gasteiger partial charge in [0.05, 0.1) is 25.8 Å². The molecule has 0 saturated carbocycles. The van der Waals surface area contributed by atoms with Gasteiger partial charge in [0, 0.05) is 18.0 Å². The first kappa shape index (κ1) is 27.7. The molecule has 1 saturated heterocycles. The van der Waals surface area contributed by atoms with Gasteiger partial charge in [-0.25, -0.2) is 4.68 Å². The molecule has 2 aromatic heterocycles. The normalized spacial score (nSPS) is 14.4. The molecule has 1 N–H and O–H groups in total. The van der Waals surface area contributed by atoms with E-state index in [2.05, 4.69) is 50.5 Å². The van der Waals surface area contributed by atoms with Crippen LogP contribution in [0, 0.1) is 5.92 Å². The fourth-order valence-corrected chi connectivity index (χ4v) is 5.77. The van der Waals surface area contributed by atoms with Gasteiger partial charge in [-0.3, -0.25) is 9.59 Å². The number of ether oxygens (including phenoxy) is 2. The van der Waals surface area contributed by atoms with Gasteiger partial charge in [-0.2, -0.15) is 0 Å². The number of aromatic amines is 1. The Balaban J connectivity index is 1.08. The van der Waals surface area contributed by atoms with Crippen LogP contribution < -0.4 is 20.5 Å². The third-order valence-electron chi connectivity index (χ3n) is 8.10. The van der Waals surface area contributed by atoms with Gasteiger partial charge in [-0.05, 0) is 80.1 Å². The highest BCUT2D eigenvalue weighted by Crippen LogP contribution is 2.22. The minimum Gasteiger partial charge on any atom is -0.497 e. The van der Waals surface area contributed by atoms with Crippen LogP contribution in [0.3, 0.4) is 0 Å². The number of hydrogen-bond donors (Lipinski definition) is 1. The lowest BCUT2D eigenvalue weighted by Crippen LogP contribution is -2.35. The lowest BCUT2D eigenvalue weighted by atomic mass is 9.90. The van der Waals surface area contributed by atoms with E-state index < -0.39 is 5.56 Å². The van der Waals surface area contributed by atoms with Crippen LogP contribution in [0.15, 0.2) is 82.4 Å². The Labute approximate surface area is 243 Å². The van der Waals surface area contributed by atoms with Crippen molar-refractivity contribution in [3.05, 3.63) is 105 Å². The van der Waals surface area contributed by atoms with E-state index >= 15 is 0 Å². The van der Waals surface area contributed by atoms with Crippen LogP contribution in [-0.2, 0) is 13.0 Å². The number of nitrogens with one attached hydrogen (secondary N) is 1. The molecule has 216 valence electrons. The molecule has 0 bridgehead atoms. The van der Waals surface area contributed by atoms with Crippen LogP contribution in [-0.4, -0.2) is 58.2 Å². The number of aromatic nitrogens is 4. The summed E-state index contributed by atoms with van der Waals surface area (Å²) in [4.78, 5) is 31.9. The van der Waals surface area contributed by atoms with E-state index in [1.165, 1.54) is 23.1 Å². The maximum Gasteiger partial charge on any atom is 0.278 e. The van der Waals surface area contributed by atoms with E-state index in [9.17, 15) is 9.59 Å². The first-order valence-electron chi connectivity index (χ1n) is 14.5. The van der Waals surface area contributed by atoms with E-state index in [0.29, 0.717) is 29.8 Å². The van der Waals surface area contributed by atoms with E-state index in [1.54, 1.807) is 25.3 Å². The van der Waals surface area contributed by atoms with Crippen LogP contribution in [0.2, 0.25) is 0 Å². The molecular formula is C33H35N5O4. The number of likely N-dealkylation sites (tertiary alicyclic amines) is 1. The Morgan fingerprint density at radius 2 is 1.69 bits per heavy atom. The minimum absolute atomic E-state index is 0.0136. The zero-order chi connectivity index (χ0) is 28.9. The lowest BCUT2D eigenvalue weighted by molar-refractivity contribution is 0.170. The highest BCUT2D eigenvalue weighted by atomic mass is 16.5. The quantitative estimate of drug-likeness (QED) is 0.250. The number of hydrogen-bond acceptors (Lipinski definition) is 7. The minimum atomic E-state index is -0.467. The van der Waals surface area contributed by atoms with Crippen LogP contribution >= 0.6 is 0 Å². The predicted molar refractivity (Wildman–Crippen MR) is 163 cm³/mol. The molecule has 3 aromatic carbocycles. The predicted octanol–water partition coefficient (Wildman–Crippen LogP) is 4.41. The zero-order valence-electron chi connectivity index (χ0n) is 23.8. The van der Waals surface area contributed by atoms with Crippen molar-refractivity contribution in [3.63, 3.8) is 0 Å². The summed E-state index contributed by atoms with van der Waals surface area (Å²) in [5.74, 6) is 2.10. The van der Waals surface area contributed by atoms with Gasteiger partial charge in [0.2, 0.25) is 5.43 Å². The summed E-state index contributed by atoms with van der Waals surface area (Å²) in [6.45, 7) is 4.09. The summed E-state index contributed by atoms with van der Waals surface area (Å²) in [5, 5.41) is 8.52. The molecule has 0 spiro atoms. The second-order valence-corrected chi connectivity index (χ2v) is 11.0. The number of nitrogens with zero attached hydrogens (tertiary/aromatic N) is 4. The standard InChI is InChI=1S/C33H35N5O4/c1-41-26-10-8-25(9-11-26)22-38-31-30(35-36-38)33(40)34-29-21-27(12-13-28(29)32(31)39)42-19-5-16-37-17-14-24(15-18-37)20-23-6-3-2-4-7-23/h2-4,6-13,21,24H,5,14-20,22H2,1H3,(H,34,40). The molecule has 5 aromatic rings. The second-order valence-electron chi connectivity index (χ2n) is 11.0. The summed E-state index contributed by atoms with van der Waals surface area (Å²) in [7, 11) is 1.61. The Bertz CT molecular complexity index is 1780. The van der Waals surface area contributed by atoms with Crippen molar-refractivity contribution < 1.29 is 9.47 Å². The third kappa shape index (κ3) is 6.21. The summed E-state index contributed by atoms with van der Waals surface area (Å²) in [6, 6.07) is 23.4. The van der Waals surface area contributed by atoms with E-state index in [4.69, 9.17) is 9.47 Å². The molecule has 0 amide bonds. The zero-order valence-corrected chi connectivity index (χ0v) is 23.8. The first-order valence-corrected chi connectivity index (χ1v) is 14.5. The van der Waals surface area contributed by atoms with Gasteiger partial charge in [0.15, 0.2) is 5.52 Å². The van der Waals surface area contributed by atoms with Crippen LogP contribution in [0.1, 0.15) is 30.4 Å². The topological polar surface area (TPSA) is 102 Å². The summed E-state index contributed by atoms with van der Waals surface area (Å²) in [6.07, 6.45) is 4.52. The Morgan fingerprint density at radius 1 is 0.929 bits per heavy atom. The lowest BCUT2D eigenvalue weighted by Gasteiger charge is -2.32. The average Bonchev–Trinajstić information content (AvgIpc) is 3.40. The van der Waals surface area contributed by atoms with Gasteiger partial charge in [0.1, 0.15) is 17.0 Å². The third-order valence-corrected chi connectivity index (χ3v) is 8.10. The number of methoxy groups -OCH3 is 1. The average molecular weight is 566 g/mol. The van der Waals surface area contributed by atoms with Crippen molar-refractivity contribution in [2.75, 3.05) is 33.4 Å². The van der Waals surface area contributed by atoms with Gasteiger partial charge < -0.3 is 19.4 Å². The van der Waals surface area contributed by atoms with Crippen molar-refractivity contribution in [2.45, 2.75) is 32.2 Å². The van der Waals surface area contributed by atoms with Crippen molar-refractivity contribution >= 4 is 21.9 Å². The van der Waals surface area contributed by atoms with Gasteiger partial charge in [0.25, 0.3) is 5.56 Å². The largest absolute Gasteiger partial charge is 0.497 e. The van der Waals surface area contributed by atoms with Gasteiger partial charge >= 0.3 is 0 Å². The van der Waals surface area contributed by atoms with Crippen LogP contribution in [0.4, 0.5) is 0 Å². The molecule has 1 aliphatic rings. The Hall–Kier alpha value is -4.50. The maximum absolute atomic E-state index is 13.6. The van der Waals surface area contributed by atoms with Crippen molar-refractivity contribution in [3.8, 4) is 11.5 Å². The highest BCUT2D eigenvalue weighted by Gasteiger charge is 2.19. The van der Waals surface area contributed by atoms with Crippen molar-refractivity contribution in [1.82, 2.24) is 24.9 Å². The molecule has 3 heterocycles. The molecule has 6 rings (SSSR count). The fourth-order valence-electron chi connectivity index (χ4n) is 5.77. The number of H-pyrrole nitrogens is 1.